The van der Waals surface area contributed by atoms with E-state index in [-0.39, 0.29) is 11.9 Å². The zero-order valence-electron chi connectivity index (χ0n) is 9.12. The molecule has 1 aliphatic carbocycles. The molecule has 0 aliphatic heterocycles. The Bertz CT molecular complexity index is 278. The quantitative estimate of drug-likeness (QED) is 0.621. The van der Waals surface area contributed by atoms with Crippen LogP contribution >= 0.6 is 0 Å². The molecular formula is C10H18N2O3. The third kappa shape index (κ3) is 2.28. The van der Waals surface area contributed by atoms with Gasteiger partial charge in [0.2, 0.25) is 5.91 Å². The monoisotopic (exact) mass is 214 g/mol. The van der Waals surface area contributed by atoms with Gasteiger partial charge in [-0.1, -0.05) is 6.42 Å². The van der Waals surface area contributed by atoms with Gasteiger partial charge in [-0.2, -0.15) is 0 Å². The van der Waals surface area contributed by atoms with Gasteiger partial charge in [-0.3, -0.25) is 9.59 Å². The molecule has 0 aromatic rings. The minimum atomic E-state index is -0.852. The summed E-state index contributed by atoms with van der Waals surface area (Å²) >= 11 is 0. The lowest BCUT2D eigenvalue weighted by Crippen LogP contribution is -2.51. The molecular weight excluding hydrogens is 196 g/mol. The Hall–Kier alpha value is -1.10. The van der Waals surface area contributed by atoms with Crippen LogP contribution in [0.25, 0.3) is 0 Å². The fourth-order valence-corrected chi connectivity index (χ4v) is 1.96. The number of nitrogens with one attached hydrogen (secondary N) is 1. The highest BCUT2D eigenvalue weighted by Crippen LogP contribution is 2.38. The molecule has 0 saturated heterocycles. The van der Waals surface area contributed by atoms with Crippen molar-refractivity contribution in [2.75, 3.05) is 0 Å². The first kappa shape index (κ1) is 12.0. The highest BCUT2D eigenvalue weighted by molar-refractivity contribution is 5.83. The lowest BCUT2D eigenvalue weighted by atomic mass is 9.85. The summed E-state index contributed by atoms with van der Waals surface area (Å²) in [5.74, 6) is -1.13. The van der Waals surface area contributed by atoms with Crippen molar-refractivity contribution in [3.05, 3.63) is 0 Å². The molecule has 0 spiro atoms. The molecule has 1 saturated carbocycles. The van der Waals surface area contributed by atoms with Crippen LogP contribution in [-0.4, -0.2) is 29.1 Å². The fourth-order valence-electron chi connectivity index (χ4n) is 1.96. The zero-order chi connectivity index (χ0) is 11.6. The summed E-state index contributed by atoms with van der Waals surface area (Å²) in [7, 11) is 0. The Morgan fingerprint density at radius 2 is 2.20 bits per heavy atom. The predicted molar refractivity (Wildman–Crippen MR) is 55.2 cm³/mol. The number of hydrogen-bond donors (Lipinski definition) is 3. The van der Waals surface area contributed by atoms with Crippen molar-refractivity contribution in [2.24, 2.45) is 11.1 Å². The van der Waals surface area contributed by atoms with Gasteiger partial charge in [0.05, 0.1) is 11.5 Å². The summed E-state index contributed by atoms with van der Waals surface area (Å²) in [5, 5.41) is 11.8. The second kappa shape index (κ2) is 4.18. The molecule has 15 heavy (non-hydrogen) atoms. The maximum absolute atomic E-state index is 11.4. The third-order valence-electron chi connectivity index (χ3n) is 3.18. The van der Waals surface area contributed by atoms with Crippen molar-refractivity contribution in [3.63, 3.8) is 0 Å². The second-order valence-corrected chi connectivity index (χ2v) is 4.46. The number of rotatable bonds is 3. The Labute approximate surface area is 89.0 Å². The number of hydrogen-bond acceptors (Lipinski definition) is 3. The maximum Gasteiger partial charge on any atom is 0.311 e. The van der Waals surface area contributed by atoms with Crippen LogP contribution in [0, 0.1) is 5.41 Å². The number of amides is 1. The highest BCUT2D eigenvalue weighted by Gasteiger charge is 2.45. The number of carbonyl (C=O) groups is 2. The van der Waals surface area contributed by atoms with Gasteiger partial charge < -0.3 is 16.2 Å². The van der Waals surface area contributed by atoms with Crippen LogP contribution in [0.5, 0.6) is 0 Å². The molecule has 0 aromatic carbocycles. The van der Waals surface area contributed by atoms with E-state index >= 15 is 0 Å². The zero-order valence-corrected chi connectivity index (χ0v) is 9.12. The molecule has 1 fully saturated rings. The number of carboxylic acid groups (broad SMARTS) is 1. The first-order valence-corrected chi connectivity index (χ1v) is 5.17. The van der Waals surface area contributed by atoms with E-state index in [0.29, 0.717) is 12.8 Å². The van der Waals surface area contributed by atoms with E-state index in [0.717, 1.165) is 6.42 Å². The maximum atomic E-state index is 11.4. The van der Waals surface area contributed by atoms with Gasteiger partial charge in [0.25, 0.3) is 0 Å². The molecule has 4 N–H and O–H groups in total. The molecule has 1 amide bonds. The molecule has 1 aliphatic rings. The summed E-state index contributed by atoms with van der Waals surface area (Å²) in [5.41, 5.74) is 4.58. The summed E-state index contributed by atoms with van der Waals surface area (Å²) in [4.78, 5) is 22.5. The van der Waals surface area contributed by atoms with E-state index in [2.05, 4.69) is 5.32 Å². The first-order valence-electron chi connectivity index (χ1n) is 5.17. The van der Waals surface area contributed by atoms with E-state index in [1.807, 2.05) is 0 Å². The average molecular weight is 214 g/mol. The van der Waals surface area contributed by atoms with Crippen molar-refractivity contribution in [3.8, 4) is 0 Å². The van der Waals surface area contributed by atoms with Crippen molar-refractivity contribution in [1.82, 2.24) is 5.32 Å². The largest absolute Gasteiger partial charge is 0.481 e. The van der Waals surface area contributed by atoms with Crippen LogP contribution in [0.4, 0.5) is 0 Å². The molecule has 0 aromatic heterocycles. The van der Waals surface area contributed by atoms with Gasteiger partial charge in [-0.15, -0.1) is 0 Å². The lowest BCUT2D eigenvalue weighted by molar-refractivity contribution is -0.149. The molecule has 3 atom stereocenters. The van der Waals surface area contributed by atoms with Crippen molar-refractivity contribution < 1.29 is 14.7 Å². The van der Waals surface area contributed by atoms with E-state index in [4.69, 9.17) is 10.8 Å². The Kier molecular flexibility index (Phi) is 3.34. The van der Waals surface area contributed by atoms with Gasteiger partial charge in [-0.25, -0.2) is 0 Å². The summed E-state index contributed by atoms with van der Waals surface area (Å²) in [6.45, 7) is 3.26. The number of aliphatic carboxylic acids is 1. The fraction of sp³-hybridized carbons (Fsp3) is 0.800. The Morgan fingerprint density at radius 3 is 2.67 bits per heavy atom. The lowest BCUT2D eigenvalue weighted by Gasteiger charge is -2.28. The van der Waals surface area contributed by atoms with Crippen LogP contribution in [-0.2, 0) is 9.59 Å². The smallest absolute Gasteiger partial charge is 0.311 e. The SMILES string of the molecule is C[C@H](N)C(=O)NC1CCCC1(C)C(=O)O. The summed E-state index contributed by atoms with van der Waals surface area (Å²) in [6.07, 6.45) is 2.14. The average Bonchev–Trinajstić information content (AvgIpc) is 2.49. The van der Waals surface area contributed by atoms with E-state index in [1.165, 1.54) is 0 Å². The van der Waals surface area contributed by atoms with Crippen LogP contribution in [0.3, 0.4) is 0 Å². The van der Waals surface area contributed by atoms with Crippen molar-refractivity contribution in [1.29, 1.82) is 0 Å². The van der Waals surface area contributed by atoms with Crippen LogP contribution in [0.2, 0.25) is 0 Å². The predicted octanol–water partition coefficient (Wildman–Crippen LogP) is 0.0932. The standard InChI is InChI=1S/C10H18N2O3/c1-6(11)8(13)12-7-4-3-5-10(7,2)9(14)15/h6-7H,3-5,11H2,1-2H3,(H,12,13)(H,14,15)/t6-,7?,10?/m0/s1. The van der Waals surface area contributed by atoms with Crippen molar-refractivity contribution >= 4 is 11.9 Å². The van der Waals surface area contributed by atoms with Gasteiger partial charge >= 0.3 is 5.97 Å². The van der Waals surface area contributed by atoms with Crippen molar-refractivity contribution in [2.45, 2.75) is 45.2 Å². The molecule has 1 rings (SSSR count). The highest BCUT2D eigenvalue weighted by atomic mass is 16.4. The molecule has 0 heterocycles. The molecule has 0 radical (unpaired) electrons. The number of nitrogens with two attached hydrogens (primary N) is 1. The summed E-state index contributed by atoms with van der Waals surface area (Å²) < 4.78 is 0. The minimum Gasteiger partial charge on any atom is -0.481 e. The van der Waals surface area contributed by atoms with E-state index < -0.39 is 17.4 Å². The minimum absolute atomic E-state index is 0.283. The summed E-state index contributed by atoms with van der Waals surface area (Å²) in [6, 6.07) is -0.892. The van der Waals surface area contributed by atoms with Crippen LogP contribution < -0.4 is 11.1 Å². The van der Waals surface area contributed by atoms with Gasteiger partial charge in [-0.05, 0) is 26.7 Å². The Balaban J connectivity index is 2.70. The van der Waals surface area contributed by atoms with Gasteiger partial charge in [0.15, 0.2) is 0 Å². The topological polar surface area (TPSA) is 92.4 Å². The normalized spacial score (nSPS) is 32.3. The molecule has 0 bridgehead atoms. The second-order valence-electron chi connectivity index (χ2n) is 4.46. The van der Waals surface area contributed by atoms with Gasteiger partial charge in [0, 0.05) is 6.04 Å². The van der Waals surface area contributed by atoms with E-state index in [1.54, 1.807) is 13.8 Å². The molecule has 2 unspecified atom stereocenters. The molecule has 5 heteroatoms. The molecule has 5 nitrogen and oxygen atoms in total. The number of carboxylic acids is 1. The number of carbonyl (C=O) groups excluding carboxylic acids is 1. The third-order valence-corrected chi connectivity index (χ3v) is 3.18. The van der Waals surface area contributed by atoms with E-state index in [9.17, 15) is 9.59 Å². The first-order chi connectivity index (χ1) is 6.88. The molecule has 86 valence electrons. The van der Waals surface area contributed by atoms with Crippen LogP contribution in [0.15, 0.2) is 0 Å². The van der Waals surface area contributed by atoms with Gasteiger partial charge in [0.1, 0.15) is 0 Å². The Morgan fingerprint density at radius 1 is 1.60 bits per heavy atom. The van der Waals surface area contributed by atoms with Crippen LogP contribution in [0.1, 0.15) is 33.1 Å².